The number of benzene rings is 2. The van der Waals surface area contributed by atoms with Crippen molar-refractivity contribution in [1.82, 2.24) is 4.98 Å². The lowest BCUT2D eigenvalue weighted by molar-refractivity contribution is 0.112. The number of rotatable bonds is 4. The molecule has 20 heavy (non-hydrogen) atoms. The predicted octanol–water partition coefficient (Wildman–Crippen LogP) is 4.14. The molecule has 0 unspecified atom stereocenters. The van der Waals surface area contributed by atoms with Crippen LogP contribution in [0.4, 0.5) is 0 Å². The van der Waals surface area contributed by atoms with Crippen LogP contribution >= 0.6 is 11.8 Å². The summed E-state index contributed by atoms with van der Waals surface area (Å²) in [5.74, 6) is 0.833. The third-order valence-corrected chi connectivity index (χ3v) is 4.14. The number of nitrogens with one attached hydrogen (secondary N) is 1. The van der Waals surface area contributed by atoms with Crippen LogP contribution in [-0.2, 0) is 0 Å². The average Bonchev–Trinajstić information content (AvgIpc) is 2.86. The van der Waals surface area contributed by atoms with E-state index in [1.807, 2.05) is 48.5 Å². The standard InChI is InChI=1S/C16H13NO2S/c1-19-11-6-8-12(9-7-11)20-16-14-5-3-2-4-13(14)15(10-18)17-16/h2-10,17H,1H3. The number of carbonyl (C=O) groups excluding carboxylic acids is 1. The number of aromatic amines is 1. The number of carbonyl (C=O) groups is 1. The molecule has 0 atom stereocenters. The van der Waals surface area contributed by atoms with Crippen LogP contribution in [0.25, 0.3) is 10.8 Å². The second kappa shape index (κ2) is 5.43. The number of ether oxygens (including phenoxy) is 1. The van der Waals surface area contributed by atoms with Gasteiger partial charge in [0.15, 0.2) is 6.29 Å². The van der Waals surface area contributed by atoms with E-state index >= 15 is 0 Å². The molecule has 4 heteroatoms. The van der Waals surface area contributed by atoms with Crippen molar-refractivity contribution >= 4 is 28.8 Å². The third kappa shape index (κ3) is 2.30. The van der Waals surface area contributed by atoms with Crippen molar-refractivity contribution in [3.05, 3.63) is 54.2 Å². The molecule has 100 valence electrons. The molecule has 0 saturated heterocycles. The van der Waals surface area contributed by atoms with E-state index < -0.39 is 0 Å². The molecule has 1 heterocycles. The molecule has 0 aliphatic carbocycles. The maximum Gasteiger partial charge on any atom is 0.166 e. The van der Waals surface area contributed by atoms with Gasteiger partial charge in [-0.1, -0.05) is 36.0 Å². The minimum absolute atomic E-state index is 0.622. The fraction of sp³-hybridized carbons (Fsp3) is 0.0625. The van der Waals surface area contributed by atoms with E-state index in [-0.39, 0.29) is 0 Å². The monoisotopic (exact) mass is 283 g/mol. The summed E-state index contributed by atoms with van der Waals surface area (Å²) in [6.45, 7) is 0. The Bertz CT molecular complexity index is 747. The smallest absolute Gasteiger partial charge is 0.166 e. The molecule has 3 nitrogen and oxygen atoms in total. The van der Waals surface area contributed by atoms with Crippen molar-refractivity contribution in [3.63, 3.8) is 0 Å². The van der Waals surface area contributed by atoms with Gasteiger partial charge in [0.2, 0.25) is 0 Å². The van der Waals surface area contributed by atoms with Gasteiger partial charge in [0.05, 0.1) is 17.8 Å². The second-order valence-corrected chi connectivity index (χ2v) is 5.39. The highest BCUT2D eigenvalue weighted by Crippen LogP contribution is 2.34. The molecule has 0 aliphatic rings. The maximum absolute atomic E-state index is 11.1. The van der Waals surface area contributed by atoms with Gasteiger partial charge in [-0.25, -0.2) is 0 Å². The molecule has 0 aliphatic heterocycles. The van der Waals surface area contributed by atoms with E-state index in [4.69, 9.17) is 4.74 Å². The van der Waals surface area contributed by atoms with Gasteiger partial charge in [-0.05, 0) is 24.3 Å². The minimum atomic E-state index is 0.622. The van der Waals surface area contributed by atoms with Crippen molar-refractivity contribution in [3.8, 4) is 5.75 Å². The number of aromatic nitrogens is 1. The van der Waals surface area contributed by atoms with E-state index in [1.54, 1.807) is 18.9 Å². The number of hydrogen-bond acceptors (Lipinski definition) is 3. The Hall–Kier alpha value is -2.20. The quantitative estimate of drug-likeness (QED) is 0.732. The number of aldehydes is 1. The van der Waals surface area contributed by atoms with E-state index in [0.29, 0.717) is 5.69 Å². The van der Waals surface area contributed by atoms with Crippen molar-refractivity contribution in [2.45, 2.75) is 9.92 Å². The summed E-state index contributed by atoms with van der Waals surface area (Å²) in [6.07, 6.45) is 0.862. The normalized spacial score (nSPS) is 10.7. The van der Waals surface area contributed by atoms with Crippen LogP contribution in [0.1, 0.15) is 10.5 Å². The van der Waals surface area contributed by atoms with E-state index in [9.17, 15) is 4.79 Å². The Morgan fingerprint density at radius 1 is 1.05 bits per heavy atom. The fourth-order valence-electron chi connectivity index (χ4n) is 2.11. The first-order chi connectivity index (χ1) is 9.81. The number of methoxy groups -OCH3 is 1. The van der Waals surface area contributed by atoms with Crippen molar-refractivity contribution in [2.24, 2.45) is 0 Å². The molecule has 0 bridgehead atoms. The zero-order valence-electron chi connectivity index (χ0n) is 10.9. The summed E-state index contributed by atoms with van der Waals surface area (Å²) >= 11 is 1.60. The van der Waals surface area contributed by atoms with Crippen molar-refractivity contribution in [1.29, 1.82) is 0 Å². The Kier molecular flexibility index (Phi) is 3.48. The third-order valence-electron chi connectivity index (χ3n) is 3.11. The van der Waals surface area contributed by atoms with Gasteiger partial charge in [-0.2, -0.15) is 0 Å². The molecule has 2 aromatic carbocycles. The second-order valence-electron chi connectivity index (χ2n) is 4.31. The zero-order chi connectivity index (χ0) is 13.9. The van der Waals surface area contributed by atoms with Gasteiger partial charge >= 0.3 is 0 Å². The van der Waals surface area contributed by atoms with E-state index in [1.165, 1.54) is 0 Å². The van der Waals surface area contributed by atoms with Crippen LogP contribution in [0.5, 0.6) is 5.75 Å². The van der Waals surface area contributed by atoms with Gasteiger partial charge in [-0.3, -0.25) is 4.79 Å². The van der Waals surface area contributed by atoms with E-state index in [0.717, 1.165) is 32.7 Å². The largest absolute Gasteiger partial charge is 0.497 e. The number of hydrogen-bond donors (Lipinski definition) is 1. The fourth-order valence-corrected chi connectivity index (χ4v) is 3.06. The van der Waals surface area contributed by atoms with Gasteiger partial charge < -0.3 is 9.72 Å². The molecule has 0 saturated carbocycles. The first-order valence-electron chi connectivity index (χ1n) is 6.19. The predicted molar refractivity (Wildman–Crippen MR) is 80.8 cm³/mol. The number of fused-ring (bicyclic) bond motifs is 1. The zero-order valence-corrected chi connectivity index (χ0v) is 11.7. The number of H-pyrrole nitrogens is 1. The Balaban J connectivity index is 1.99. The summed E-state index contributed by atoms with van der Waals surface area (Å²) in [4.78, 5) is 15.4. The lowest BCUT2D eigenvalue weighted by Crippen LogP contribution is -1.82. The summed E-state index contributed by atoms with van der Waals surface area (Å²) < 4.78 is 5.15. The first kappa shape index (κ1) is 12.8. The van der Waals surface area contributed by atoms with Crippen LogP contribution in [-0.4, -0.2) is 18.4 Å². The summed E-state index contributed by atoms with van der Waals surface area (Å²) in [5.41, 5.74) is 0.622. The first-order valence-corrected chi connectivity index (χ1v) is 7.01. The molecule has 1 aromatic heterocycles. The average molecular weight is 283 g/mol. The van der Waals surface area contributed by atoms with Crippen LogP contribution in [0.3, 0.4) is 0 Å². The van der Waals surface area contributed by atoms with Gasteiger partial charge in [0, 0.05) is 15.7 Å². The van der Waals surface area contributed by atoms with Gasteiger partial charge in [-0.15, -0.1) is 0 Å². The summed E-state index contributed by atoms with van der Waals surface area (Å²) in [7, 11) is 1.65. The van der Waals surface area contributed by atoms with Gasteiger partial charge in [0.1, 0.15) is 5.75 Å². The lowest BCUT2D eigenvalue weighted by Gasteiger charge is -2.02. The Morgan fingerprint density at radius 3 is 2.40 bits per heavy atom. The highest BCUT2D eigenvalue weighted by Gasteiger charge is 2.10. The molecule has 0 fully saturated rings. The highest BCUT2D eigenvalue weighted by atomic mass is 32.2. The SMILES string of the molecule is COc1ccc(Sc2[nH]c(C=O)c3ccccc23)cc1. The Labute approximate surface area is 121 Å². The summed E-state index contributed by atoms with van der Waals surface area (Å²) in [6, 6.07) is 15.7. The minimum Gasteiger partial charge on any atom is -0.497 e. The molecule has 3 rings (SSSR count). The molecule has 0 spiro atoms. The molecule has 0 radical (unpaired) electrons. The molecule has 1 N–H and O–H groups in total. The topological polar surface area (TPSA) is 42.1 Å². The Morgan fingerprint density at radius 2 is 1.75 bits per heavy atom. The molecule has 0 amide bonds. The van der Waals surface area contributed by atoms with Crippen LogP contribution in [0, 0.1) is 0 Å². The van der Waals surface area contributed by atoms with Crippen LogP contribution in [0.15, 0.2) is 58.5 Å². The van der Waals surface area contributed by atoms with Gasteiger partial charge in [0.25, 0.3) is 0 Å². The molecule has 3 aromatic rings. The highest BCUT2D eigenvalue weighted by molar-refractivity contribution is 7.99. The maximum atomic E-state index is 11.1. The van der Waals surface area contributed by atoms with Crippen molar-refractivity contribution < 1.29 is 9.53 Å². The van der Waals surface area contributed by atoms with E-state index in [2.05, 4.69) is 4.98 Å². The van der Waals surface area contributed by atoms with Crippen LogP contribution < -0.4 is 4.74 Å². The lowest BCUT2D eigenvalue weighted by atomic mass is 10.2. The molecular weight excluding hydrogens is 270 g/mol. The molecular formula is C16H13NO2S. The van der Waals surface area contributed by atoms with Crippen LogP contribution in [0.2, 0.25) is 0 Å². The van der Waals surface area contributed by atoms with Crippen molar-refractivity contribution in [2.75, 3.05) is 7.11 Å². The summed E-state index contributed by atoms with van der Waals surface area (Å²) in [5, 5.41) is 3.00.